The summed E-state index contributed by atoms with van der Waals surface area (Å²) < 4.78 is 21.9. The number of rotatable bonds is 18. The molecule has 1 aliphatic carbocycles. The van der Waals surface area contributed by atoms with Crippen LogP contribution in [0.1, 0.15) is 163 Å². The Labute approximate surface area is 674 Å². The van der Waals surface area contributed by atoms with E-state index in [0.29, 0.717) is 139 Å². The standard InChI is InChI=1S/C26H29ClN8O4.C26H28ClN7O4.C25H27ClN8O4/c1-12-9-29-18(13(2)21(12)39-3)11-35-23-20(22(27)33-26(28)34-23)16(25(35)38)8-19-30-10-17(32-19)24(37)31-14-4-6-15(36)7-5-14;1-13-10-29-18(14(2)22(13)37-3)12-34-24-21(23(27)32-26(28)33-24)17(25(34)36)9-20-30-11-16(31-20)8-19(35)15-4-6-38-7-5-15;1-12-9-28-17(13(2)20(12)38-3)11-34-22-19(21(26)31-25(27)32-22)15(23(34)36)8-18-29-10-16(30-18)24(37)33-6-4-14(35)5-7-33/h8-10,14-15,36H,4-7,11H2,1-3H3,(H,30,32)(H,31,37)(H2,28,33,34);9-11,15H,4-8,12H2,1-3H3,(H,30,31)(H2,28,32,33);8-10,14,35H,4-7,11H2,1-3H3,(H,29,30)(H2,27,31,32)/b16-8-;17-9-;15-8-. The van der Waals surface area contributed by atoms with Gasteiger partial charge in [0.1, 0.15) is 67.4 Å². The van der Waals surface area contributed by atoms with Crippen molar-refractivity contribution in [3.05, 3.63) is 154 Å². The van der Waals surface area contributed by atoms with E-state index in [0.717, 1.165) is 46.2 Å². The molecule has 5 amide bonds. The lowest BCUT2D eigenvalue weighted by molar-refractivity contribution is -0.125. The third kappa shape index (κ3) is 17.2. The molecule has 12 N–H and O–H groups in total. The number of hydrogen-bond acceptors (Lipinski definition) is 27. The number of hydrogen-bond donors (Lipinski definition) is 9. The molecule has 38 heteroatoms. The summed E-state index contributed by atoms with van der Waals surface area (Å²) in [5, 5.41) is 22.5. The number of nitrogens with one attached hydrogen (secondary N) is 4. The van der Waals surface area contributed by atoms with E-state index in [-0.39, 0.29) is 146 Å². The molecule has 3 fully saturated rings. The number of aliphatic hydroxyl groups excluding tert-OH is 2. The summed E-state index contributed by atoms with van der Waals surface area (Å²) in [5.74, 6) is 2.16. The third-order valence-electron chi connectivity index (χ3n) is 20.7. The topological polar surface area (TPSA) is 485 Å². The molecule has 14 heterocycles. The van der Waals surface area contributed by atoms with E-state index in [1.54, 1.807) is 57.1 Å². The van der Waals surface area contributed by atoms with Crippen molar-refractivity contribution < 1.29 is 57.9 Å². The molecule has 9 aromatic rings. The van der Waals surface area contributed by atoms with Crippen molar-refractivity contribution in [2.45, 2.75) is 137 Å². The summed E-state index contributed by atoms with van der Waals surface area (Å²) in [7, 11) is 4.76. The number of aliphatic hydroxyl groups is 2. The minimum Gasteiger partial charge on any atom is -0.496 e. The number of nitrogen functional groups attached to an aromatic ring is 3. The van der Waals surface area contributed by atoms with E-state index in [9.17, 15) is 39.0 Å². The molecule has 5 aliphatic heterocycles. The zero-order chi connectivity index (χ0) is 82.0. The van der Waals surface area contributed by atoms with Crippen LogP contribution in [0.25, 0.3) is 34.9 Å². The average Bonchev–Trinajstić information content (AvgIpc) is 1.61. The van der Waals surface area contributed by atoms with Gasteiger partial charge in [-0.1, -0.05) is 34.8 Å². The molecule has 0 bridgehead atoms. The van der Waals surface area contributed by atoms with Gasteiger partial charge in [0.2, 0.25) is 17.8 Å². The normalized spacial score (nSPS) is 17.9. The Kier molecular flexibility index (Phi) is 24.3. The number of Topliss-reactive ketones (excluding diaryl/α,β-unsaturated/α-hetero) is 1. The zero-order valence-electron chi connectivity index (χ0n) is 64.3. The minimum absolute atomic E-state index is 0.00965. The van der Waals surface area contributed by atoms with Gasteiger partial charge in [0.05, 0.1) is 116 Å². The van der Waals surface area contributed by atoms with E-state index < -0.39 is 17.9 Å². The molecule has 2 saturated heterocycles. The summed E-state index contributed by atoms with van der Waals surface area (Å²) in [6.07, 6.45) is 18.9. The molecule has 0 atom stereocenters. The van der Waals surface area contributed by atoms with Crippen LogP contribution in [0.5, 0.6) is 17.2 Å². The molecule has 0 unspecified atom stereocenters. The third-order valence-corrected chi connectivity index (χ3v) is 21.6. The number of aromatic amines is 3. The van der Waals surface area contributed by atoms with Crippen molar-refractivity contribution in [3.63, 3.8) is 0 Å². The first-order chi connectivity index (χ1) is 55.1. The fourth-order valence-corrected chi connectivity index (χ4v) is 15.5. The highest BCUT2D eigenvalue weighted by molar-refractivity contribution is 6.43. The number of nitrogens with zero attached hydrogens (tertiary/aromatic N) is 16. The van der Waals surface area contributed by atoms with E-state index in [1.165, 1.54) is 39.2 Å². The molecule has 35 nitrogen and oxygen atoms in total. The first kappa shape index (κ1) is 81.1. The van der Waals surface area contributed by atoms with Crippen molar-refractivity contribution in [2.75, 3.05) is 79.5 Å². The Morgan fingerprint density at radius 1 is 0.513 bits per heavy atom. The number of ketones is 1. The van der Waals surface area contributed by atoms with Crippen molar-refractivity contribution in [1.29, 1.82) is 0 Å². The lowest BCUT2D eigenvalue weighted by Crippen LogP contribution is -2.40. The number of imidazole rings is 3. The monoisotopic (exact) mass is 1630 g/mol. The van der Waals surface area contributed by atoms with Crippen LogP contribution in [0.3, 0.4) is 0 Å². The van der Waals surface area contributed by atoms with Crippen molar-refractivity contribution in [3.8, 4) is 17.2 Å². The van der Waals surface area contributed by atoms with E-state index in [1.807, 2.05) is 41.5 Å². The van der Waals surface area contributed by atoms with Gasteiger partial charge < -0.3 is 71.5 Å². The van der Waals surface area contributed by atoms with Gasteiger partial charge in [0.25, 0.3) is 29.5 Å². The highest BCUT2D eigenvalue weighted by atomic mass is 35.5. The molecule has 1 saturated carbocycles. The van der Waals surface area contributed by atoms with Crippen molar-refractivity contribution in [1.82, 2.24) is 85.0 Å². The van der Waals surface area contributed by atoms with Crippen LogP contribution in [0.15, 0.2) is 37.2 Å². The maximum Gasteiger partial charge on any atom is 0.271 e. The molecular weight excluding hydrogens is 1550 g/mol. The molecule has 0 spiro atoms. The lowest BCUT2D eigenvalue weighted by atomic mass is 9.93. The lowest BCUT2D eigenvalue weighted by Gasteiger charge is -2.29. The highest BCUT2D eigenvalue weighted by Gasteiger charge is 2.42. The van der Waals surface area contributed by atoms with Gasteiger partial charge in [-0.3, -0.25) is 58.4 Å². The summed E-state index contributed by atoms with van der Waals surface area (Å²) in [6.45, 7) is 13.8. The molecule has 0 radical (unpaired) electrons. The van der Waals surface area contributed by atoms with Gasteiger partial charge in [0.15, 0.2) is 17.5 Å². The van der Waals surface area contributed by atoms with Gasteiger partial charge in [-0.15, -0.1) is 0 Å². The fourth-order valence-electron chi connectivity index (χ4n) is 14.7. The molecule has 0 aromatic carbocycles. The quantitative estimate of drug-likeness (QED) is 0.0292. The Hall–Kier alpha value is -11.9. The molecule has 115 heavy (non-hydrogen) atoms. The Bertz CT molecular complexity index is 5430. The second kappa shape index (κ2) is 34.4. The van der Waals surface area contributed by atoms with Crippen LogP contribution in [0, 0.1) is 47.5 Å². The summed E-state index contributed by atoms with van der Waals surface area (Å²) >= 11 is 19.3. The number of pyridine rings is 3. The molecule has 600 valence electrons. The summed E-state index contributed by atoms with van der Waals surface area (Å²) in [5.41, 5.74) is 27.4. The molecule has 15 rings (SSSR count). The summed E-state index contributed by atoms with van der Waals surface area (Å²) in [6, 6.07) is -0.0123. The largest absolute Gasteiger partial charge is 0.496 e. The highest BCUT2D eigenvalue weighted by Crippen LogP contribution is 2.45. The van der Waals surface area contributed by atoms with Crippen molar-refractivity contribution in [2.24, 2.45) is 5.92 Å². The van der Waals surface area contributed by atoms with Crippen LogP contribution in [0.4, 0.5) is 35.3 Å². The number of fused-ring (bicyclic) bond motifs is 3. The number of halogens is 3. The molecular formula is C77H84Cl3N23O12. The number of methoxy groups -OCH3 is 3. The Morgan fingerprint density at radius 2 is 0.887 bits per heavy atom. The summed E-state index contributed by atoms with van der Waals surface area (Å²) in [4.78, 5) is 146. The number of anilines is 6. The molecule has 6 aliphatic rings. The number of aryl methyl sites for hydroxylation is 3. The van der Waals surface area contributed by atoms with Gasteiger partial charge in [0, 0.05) is 109 Å². The Morgan fingerprint density at radius 3 is 1.30 bits per heavy atom. The van der Waals surface area contributed by atoms with Crippen LogP contribution in [0.2, 0.25) is 15.5 Å². The van der Waals surface area contributed by atoms with E-state index in [4.69, 9.17) is 71.0 Å². The van der Waals surface area contributed by atoms with Gasteiger partial charge >= 0.3 is 0 Å². The van der Waals surface area contributed by atoms with Gasteiger partial charge in [-0.05, 0) is 111 Å². The van der Waals surface area contributed by atoms with Gasteiger partial charge in [-0.2, -0.15) is 15.0 Å². The molecule has 9 aromatic heterocycles. The number of nitrogens with two attached hydrogens (primary N) is 3. The van der Waals surface area contributed by atoms with Crippen LogP contribution < -0.4 is 51.4 Å². The fraction of sp³-hybridized carbons (Fsp3) is 0.377. The number of aromatic nitrogens is 15. The number of amides is 5. The number of carbonyl (C=O) groups is 6. The SMILES string of the molecule is COc1c(C)cnc(CN2C(=O)/C(=C\c3ncc(C(=O)N4CCC(O)CC4)[nH]3)c3c(Cl)nc(N)nc32)c1C.COc1c(C)cnc(CN2C(=O)/C(=C\c3ncc(C(=O)NC4CCC(O)CC4)[nH]3)c3c(Cl)nc(N)nc32)c1C.COc1c(C)cnc(CN2C(=O)/C(=C\c3ncc(CC(=O)C4CCOCC4)[nH]3)c3c(Cl)nc(N)nc32)c1C. The van der Waals surface area contributed by atoms with E-state index in [2.05, 4.69) is 80.1 Å². The van der Waals surface area contributed by atoms with Crippen molar-refractivity contribution >= 4 is 140 Å². The number of likely N-dealkylation sites (tertiary alicyclic amines) is 1. The van der Waals surface area contributed by atoms with Crippen LogP contribution >= 0.6 is 34.8 Å². The zero-order valence-corrected chi connectivity index (χ0v) is 66.6. The minimum atomic E-state index is -0.393. The smallest absolute Gasteiger partial charge is 0.271 e. The predicted molar refractivity (Wildman–Crippen MR) is 427 cm³/mol. The van der Waals surface area contributed by atoms with Crippen LogP contribution in [-0.4, -0.2) is 191 Å². The maximum atomic E-state index is 13.7. The maximum absolute atomic E-state index is 13.7. The van der Waals surface area contributed by atoms with E-state index >= 15 is 0 Å². The number of carbonyl (C=O) groups excluding carboxylic acids is 6. The predicted octanol–water partition coefficient (Wildman–Crippen LogP) is 7.80. The number of piperidine rings is 1. The first-order valence-corrected chi connectivity index (χ1v) is 38.0. The number of H-pyrrole nitrogens is 3. The average molecular weight is 1630 g/mol. The van der Waals surface area contributed by atoms with Gasteiger partial charge in [-0.25, -0.2) is 29.9 Å². The second-order valence-corrected chi connectivity index (χ2v) is 29.5. The van der Waals surface area contributed by atoms with Crippen LogP contribution in [-0.2, 0) is 50.0 Å². The second-order valence-electron chi connectivity index (χ2n) is 28.4. The Balaban J connectivity index is 0.000000150. The first-order valence-electron chi connectivity index (χ1n) is 36.9. The number of ether oxygens (including phenoxy) is 4.